The molecule has 1 aliphatic rings. The van der Waals surface area contributed by atoms with Gasteiger partial charge in [-0.05, 0) is 43.3 Å². The van der Waals surface area contributed by atoms with Crippen LogP contribution >= 0.6 is 11.8 Å². The molecule has 0 atom stereocenters. The van der Waals surface area contributed by atoms with E-state index in [4.69, 9.17) is 0 Å². The molecule has 0 spiro atoms. The van der Waals surface area contributed by atoms with Crippen LogP contribution in [0.1, 0.15) is 17.3 Å². The Kier molecular flexibility index (Phi) is 3.89. The molecule has 8 heteroatoms. The first-order chi connectivity index (χ1) is 12.1. The first-order valence-electron chi connectivity index (χ1n) is 7.85. The van der Waals surface area contributed by atoms with Gasteiger partial charge in [-0.3, -0.25) is 9.59 Å². The van der Waals surface area contributed by atoms with Crippen LogP contribution in [0, 0.1) is 0 Å². The Morgan fingerprint density at radius 2 is 2.20 bits per heavy atom. The molecule has 0 fully saturated rings. The molecule has 2 aromatic carbocycles. The second-order valence-electron chi connectivity index (χ2n) is 5.61. The van der Waals surface area contributed by atoms with E-state index in [1.165, 1.54) is 11.8 Å². The minimum absolute atomic E-state index is 0.0366. The number of fused-ring (bicyclic) bond motifs is 2. The van der Waals surface area contributed by atoms with Gasteiger partial charge in [-0.1, -0.05) is 5.21 Å². The van der Waals surface area contributed by atoms with Crippen molar-refractivity contribution in [3.8, 4) is 0 Å². The summed E-state index contributed by atoms with van der Waals surface area (Å²) < 4.78 is 1.78. The van der Waals surface area contributed by atoms with Gasteiger partial charge in [-0.2, -0.15) is 0 Å². The molecular weight excluding hydrogens is 338 g/mol. The Morgan fingerprint density at radius 1 is 1.32 bits per heavy atom. The van der Waals surface area contributed by atoms with Gasteiger partial charge in [0.15, 0.2) is 0 Å². The van der Waals surface area contributed by atoms with E-state index in [0.717, 1.165) is 22.6 Å². The zero-order valence-electron chi connectivity index (χ0n) is 13.4. The second kappa shape index (κ2) is 6.21. The first kappa shape index (κ1) is 15.6. The standard InChI is InChI=1S/C17H15N5O2S/c1-2-22-14-5-3-10(7-12(14)20-21-22)17(24)18-11-4-6-15-13(8-11)19-16(23)9-25-15/h3-8H,2,9H2,1H3,(H,18,24)(H,19,23). The lowest BCUT2D eigenvalue weighted by atomic mass is 10.1. The largest absolute Gasteiger partial charge is 0.324 e. The number of carbonyl (C=O) groups is 2. The average Bonchev–Trinajstić information content (AvgIpc) is 3.03. The topological polar surface area (TPSA) is 88.9 Å². The number of aromatic nitrogens is 3. The number of nitrogens with one attached hydrogen (secondary N) is 2. The van der Waals surface area contributed by atoms with Crippen LogP contribution in [-0.2, 0) is 11.3 Å². The van der Waals surface area contributed by atoms with Crippen molar-refractivity contribution >= 4 is 46.0 Å². The smallest absolute Gasteiger partial charge is 0.255 e. The van der Waals surface area contributed by atoms with Crippen LogP contribution in [0.2, 0.25) is 0 Å². The van der Waals surface area contributed by atoms with Crippen molar-refractivity contribution in [3.63, 3.8) is 0 Å². The number of rotatable bonds is 3. The molecule has 0 aliphatic carbocycles. The third-order valence-corrected chi connectivity index (χ3v) is 5.02. The lowest BCUT2D eigenvalue weighted by molar-refractivity contribution is -0.113. The third kappa shape index (κ3) is 2.96. The highest BCUT2D eigenvalue weighted by atomic mass is 32.2. The van der Waals surface area contributed by atoms with Gasteiger partial charge in [0.1, 0.15) is 5.52 Å². The van der Waals surface area contributed by atoms with E-state index in [9.17, 15) is 9.59 Å². The van der Waals surface area contributed by atoms with Gasteiger partial charge in [-0.25, -0.2) is 4.68 Å². The molecule has 2 amide bonds. The normalized spacial score (nSPS) is 13.4. The number of hydrogen-bond acceptors (Lipinski definition) is 5. The highest BCUT2D eigenvalue weighted by molar-refractivity contribution is 8.00. The minimum atomic E-state index is -0.234. The van der Waals surface area contributed by atoms with E-state index in [1.54, 1.807) is 22.9 Å². The zero-order chi connectivity index (χ0) is 17.4. The maximum Gasteiger partial charge on any atom is 0.255 e. The van der Waals surface area contributed by atoms with E-state index < -0.39 is 0 Å². The zero-order valence-corrected chi connectivity index (χ0v) is 14.3. The Bertz CT molecular complexity index is 998. The van der Waals surface area contributed by atoms with E-state index in [0.29, 0.717) is 22.5 Å². The number of amides is 2. The Balaban J connectivity index is 1.57. The molecule has 0 saturated heterocycles. The first-order valence-corrected chi connectivity index (χ1v) is 8.84. The van der Waals surface area contributed by atoms with E-state index in [2.05, 4.69) is 20.9 Å². The number of hydrogen-bond donors (Lipinski definition) is 2. The fraction of sp³-hybridized carbons (Fsp3) is 0.176. The van der Waals surface area contributed by atoms with E-state index in [1.807, 2.05) is 25.1 Å². The maximum absolute atomic E-state index is 12.5. The van der Waals surface area contributed by atoms with Gasteiger partial charge >= 0.3 is 0 Å². The molecule has 0 unspecified atom stereocenters. The summed E-state index contributed by atoms with van der Waals surface area (Å²) in [6, 6.07) is 10.8. The molecule has 0 radical (unpaired) electrons. The minimum Gasteiger partial charge on any atom is -0.324 e. The predicted molar refractivity (Wildman–Crippen MR) is 97.0 cm³/mol. The Morgan fingerprint density at radius 3 is 3.04 bits per heavy atom. The van der Waals surface area contributed by atoms with Crippen LogP contribution in [0.25, 0.3) is 11.0 Å². The van der Waals surface area contributed by atoms with Crippen LogP contribution in [0.15, 0.2) is 41.3 Å². The van der Waals surface area contributed by atoms with Gasteiger partial charge in [0.05, 0.1) is 17.0 Å². The molecule has 1 aromatic heterocycles. The molecule has 25 heavy (non-hydrogen) atoms. The fourth-order valence-corrected chi connectivity index (χ4v) is 3.50. The molecule has 2 N–H and O–H groups in total. The Hall–Kier alpha value is -2.87. The molecule has 0 saturated carbocycles. The summed E-state index contributed by atoms with van der Waals surface area (Å²) in [5, 5.41) is 13.8. The van der Waals surface area contributed by atoms with Gasteiger partial charge in [-0.15, -0.1) is 16.9 Å². The predicted octanol–water partition coefficient (Wildman–Crippen LogP) is 2.75. The number of benzene rings is 2. The summed E-state index contributed by atoms with van der Waals surface area (Å²) in [6.45, 7) is 2.71. The van der Waals surface area contributed by atoms with Gasteiger partial charge in [0.2, 0.25) is 5.91 Å². The summed E-state index contributed by atoms with van der Waals surface area (Å²) in [6.07, 6.45) is 0. The maximum atomic E-state index is 12.5. The summed E-state index contributed by atoms with van der Waals surface area (Å²) in [7, 11) is 0. The van der Waals surface area contributed by atoms with Crippen molar-refractivity contribution in [2.24, 2.45) is 0 Å². The van der Waals surface area contributed by atoms with Crippen LogP contribution < -0.4 is 10.6 Å². The summed E-state index contributed by atoms with van der Waals surface area (Å²) >= 11 is 1.48. The molecule has 4 rings (SSSR count). The number of anilines is 2. The molecular formula is C17H15N5O2S. The van der Waals surface area contributed by atoms with Crippen molar-refractivity contribution in [2.75, 3.05) is 16.4 Å². The molecule has 3 aromatic rings. The van der Waals surface area contributed by atoms with Crippen LogP contribution in [0.4, 0.5) is 11.4 Å². The van der Waals surface area contributed by atoms with E-state index >= 15 is 0 Å². The van der Waals surface area contributed by atoms with Gasteiger partial charge in [0, 0.05) is 22.7 Å². The van der Waals surface area contributed by atoms with Gasteiger partial charge < -0.3 is 10.6 Å². The second-order valence-corrected chi connectivity index (χ2v) is 6.63. The number of carbonyl (C=O) groups excluding carboxylic acids is 2. The molecule has 7 nitrogen and oxygen atoms in total. The monoisotopic (exact) mass is 353 g/mol. The van der Waals surface area contributed by atoms with Crippen LogP contribution in [-0.4, -0.2) is 32.6 Å². The Labute approximate surface area is 147 Å². The van der Waals surface area contributed by atoms with Crippen molar-refractivity contribution in [2.45, 2.75) is 18.4 Å². The number of aryl methyl sites for hydroxylation is 1. The molecule has 2 heterocycles. The van der Waals surface area contributed by atoms with E-state index in [-0.39, 0.29) is 11.8 Å². The van der Waals surface area contributed by atoms with Crippen molar-refractivity contribution < 1.29 is 9.59 Å². The highest BCUT2D eigenvalue weighted by Gasteiger charge is 2.16. The van der Waals surface area contributed by atoms with Crippen LogP contribution in [0.3, 0.4) is 0 Å². The fourth-order valence-electron chi connectivity index (χ4n) is 2.71. The quantitative estimate of drug-likeness (QED) is 0.756. The lowest BCUT2D eigenvalue weighted by Crippen LogP contribution is -2.19. The number of nitrogens with zero attached hydrogens (tertiary/aromatic N) is 3. The summed E-state index contributed by atoms with van der Waals surface area (Å²) in [5.74, 6) is 0.144. The van der Waals surface area contributed by atoms with Crippen molar-refractivity contribution in [1.82, 2.24) is 15.0 Å². The molecule has 0 bridgehead atoms. The summed E-state index contributed by atoms with van der Waals surface area (Å²) in [4.78, 5) is 25.0. The molecule has 126 valence electrons. The van der Waals surface area contributed by atoms with Crippen molar-refractivity contribution in [1.29, 1.82) is 0 Å². The third-order valence-electron chi connectivity index (χ3n) is 3.95. The summed E-state index contributed by atoms with van der Waals surface area (Å²) in [5.41, 5.74) is 3.44. The van der Waals surface area contributed by atoms with Crippen LogP contribution in [0.5, 0.6) is 0 Å². The van der Waals surface area contributed by atoms with Gasteiger partial charge in [0.25, 0.3) is 5.91 Å². The number of thioether (sulfide) groups is 1. The van der Waals surface area contributed by atoms with Crippen molar-refractivity contribution in [3.05, 3.63) is 42.0 Å². The average molecular weight is 353 g/mol. The SMILES string of the molecule is CCn1nnc2cc(C(=O)Nc3ccc4c(c3)NC(=O)CS4)ccc21. The molecule has 1 aliphatic heterocycles. The highest BCUT2D eigenvalue weighted by Crippen LogP contribution is 2.33. The lowest BCUT2D eigenvalue weighted by Gasteiger charge is -2.17.